The summed E-state index contributed by atoms with van der Waals surface area (Å²) in [5, 5.41) is 6.61. The van der Waals surface area contributed by atoms with Gasteiger partial charge in [-0.1, -0.05) is 13.8 Å². The molecule has 1 saturated heterocycles. The zero-order valence-electron chi connectivity index (χ0n) is 11.0. The summed E-state index contributed by atoms with van der Waals surface area (Å²) in [7, 11) is 0. The van der Waals surface area contributed by atoms with E-state index < -0.39 is 5.60 Å². The average molecular weight is 228 g/mol. The molecule has 94 valence electrons. The second-order valence-electron chi connectivity index (χ2n) is 5.76. The Labute approximate surface area is 98.1 Å². The molecule has 2 unspecified atom stereocenters. The highest BCUT2D eigenvalue weighted by Gasteiger charge is 2.30. The van der Waals surface area contributed by atoms with Crippen LogP contribution in [0.5, 0.6) is 0 Å². The number of esters is 1. The third kappa shape index (κ3) is 4.10. The Morgan fingerprint density at radius 2 is 1.94 bits per heavy atom. The fourth-order valence-electron chi connectivity index (χ4n) is 1.71. The highest BCUT2D eigenvalue weighted by atomic mass is 16.6. The first kappa shape index (κ1) is 13.5. The van der Waals surface area contributed by atoms with Crippen molar-refractivity contribution >= 4 is 5.97 Å². The molecular formula is C12H24N2O2. The number of carbonyl (C=O) groups excluding carboxylic acids is 1. The van der Waals surface area contributed by atoms with Crippen molar-refractivity contribution in [1.29, 1.82) is 0 Å². The van der Waals surface area contributed by atoms with Gasteiger partial charge in [0.25, 0.3) is 0 Å². The number of ether oxygens (including phenoxy) is 1. The van der Waals surface area contributed by atoms with Gasteiger partial charge in [-0.2, -0.15) is 0 Å². The van der Waals surface area contributed by atoms with E-state index in [0.717, 1.165) is 6.54 Å². The van der Waals surface area contributed by atoms with Gasteiger partial charge < -0.3 is 10.1 Å². The standard InChI is InChI=1S/C12H24N2O2/c1-8(2)9-6-13-7-10(14-9)11(15)16-12(3,4)5/h8-10,13-14H,6-7H2,1-5H3. The van der Waals surface area contributed by atoms with Crippen LogP contribution in [-0.4, -0.2) is 36.7 Å². The first-order chi connectivity index (χ1) is 7.29. The summed E-state index contributed by atoms with van der Waals surface area (Å²) in [5.74, 6) is 0.350. The van der Waals surface area contributed by atoms with E-state index >= 15 is 0 Å². The van der Waals surface area contributed by atoms with Gasteiger partial charge in [-0.25, -0.2) is 0 Å². The molecule has 0 aliphatic carbocycles. The summed E-state index contributed by atoms with van der Waals surface area (Å²) in [4.78, 5) is 11.9. The summed E-state index contributed by atoms with van der Waals surface area (Å²) in [6.07, 6.45) is 0. The summed E-state index contributed by atoms with van der Waals surface area (Å²) in [5.41, 5.74) is -0.413. The molecule has 1 rings (SSSR count). The molecule has 0 saturated carbocycles. The molecule has 0 bridgehead atoms. The van der Waals surface area contributed by atoms with Crippen molar-refractivity contribution in [3.8, 4) is 0 Å². The molecule has 4 nitrogen and oxygen atoms in total. The zero-order chi connectivity index (χ0) is 12.3. The molecule has 2 N–H and O–H groups in total. The van der Waals surface area contributed by atoms with Crippen molar-refractivity contribution in [3.05, 3.63) is 0 Å². The Morgan fingerprint density at radius 3 is 2.44 bits per heavy atom. The van der Waals surface area contributed by atoms with Gasteiger partial charge >= 0.3 is 5.97 Å². The van der Waals surface area contributed by atoms with Gasteiger partial charge in [-0.05, 0) is 26.7 Å². The third-order valence-electron chi connectivity index (χ3n) is 2.62. The van der Waals surface area contributed by atoms with Gasteiger partial charge in [0.05, 0.1) is 0 Å². The quantitative estimate of drug-likeness (QED) is 0.690. The van der Waals surface area contributed by atoms with E-state index in [0.29, 0.717) is 18.5 Å². The van der Waals surface area contributed by atoms with Crippen LogP contribution in [0.3, 0.4) is 0 Å². The Hall–Kier alpha value is -0.610. The number of carbonyl (C=O) groups is 1. The van der Waals surface area contributed by atoms with Crippen LogP contribution in [0.1, 0.15) is 34.6 Å². The molecule has 4 heteroatoms. The van der Waals surface area contributed by atoms with Gasteiger partial charge in [0, 0.05) is 19.1 Å². The topological polar surface area (TPSA) is 50.4 Å². The zero-order valence-corrected chi connectivity index (χ0v) is 11.0. The molecular weight excluding hydrogens is 204 g/mol. The van der Waals surface area contributed by atoms with E-state index in [1.807, 2.05) is 20.8 Å². The smallest absolute Gasteiger partial charge is 0.324 e. The van der Waals surface area contributed by atoms with E-state index in [1.54, 1.807) is 0 Å². The van der Waals surface area contributed by atoms with Crippen LogP contribution in [0.25, 0.3) is 0 Å². The molecule has 0 radical (unpaired) electrons. The SMILES string of the molecule is CC(C)C1CNCC(C(=O)OC(C)(C)C)N1. The van der Waals surface area contributed by atoms with Crippen molar-refractivity contribution in [1.82, 2.24) is 10.6 Å². The predicted molar refractivity (Wildman–Crippen MR) is 64.3 cm³/mol. The van der Waals surface area contributed by atoms with Gasteiger partial charge in [0.2, 0.25) is 0 Å². The molecule has 16 heavy (non-hydrogen) atoms. The first-order valence-corrected chi connectivity index (χ1v) is 5.99. The molecule has 0 amide bonds. The molecule has 2 atom stereocenters. The van der Waals surface area contributed by atoms with Crippen LogP contribution < -0.4 is 10.6 Å². The minimum Gasteiger partial charge on any atom is -0.459 e. The number of hydrogen-bond donors (Lipinski definition) is 2. The summed E-state index contributed by atoms with van der Waals surface area (Å²) < 4.78 is 5.36. The van der Waals surface area contributed by atoms with Gasteiger partial charge in [-0.3, -0.25) is 10.1 Å². The van der Waals surface area contributed by atoms with Gasteiger partial charge in [0.1, 0.15) is 11.6 Å². The highest BCUT2D eigenvalue weighted by Crippen LogP contribution is 2.11. The maximum Gasteiger partial charge on any atom is 0.324 e. The normalized spacial score (nSPS) is 26.9. The minimum absolute atomic E-state index is 0.162. The Kier molecular flexibility index (Phi) is 4.33. The summed E-state index contributed by atoms with van der Waals surface area (Å²) >= 11 is 0. The van der Waals surface area contributed by atoms with Crippen molar-refractivity contribution in [2.24, 2.45) is 5.92 Å². The highest BCUT2D eigenvalue weighted by molar-refractivity contribution is 5.76. The lowest BCUT2D eigenvalue weighted by atomic mass is 10.0. The van der Waals surface area contributed by atoms with E-state index in [1.165, 1.54) is 0 Å². The number of nitrogens with one attached hydrogen (secondary N) is 2. The lowest BCUT2D eigenvalue weighted by Gasteiger charge is -2.34. The van der Waals surface area contributed by atoms with Crippen LogP contribution in [-0.2, 0) is 9.53 Å². The molecule has 1 heterocycles. The molecule has 1 aliphatic heterocycles. The van der Waals surface area contributed by atoms with Crippen LogP contribution >= 0.6 is 0 Å². The monoisotopic (exact) mass is 228 g/mol. The predicted octanol–water partition coefficient (Wildman–Crippen LogP) is 0.914. The van der Waals surface area contributed by atoms with Gasteiger partial charge in [0.15, 0.2) is 0 Å². The fraction of sp³-hybridized carbons (Fsp3) is 0.917. The fourth-order valence-corrected chi connectivity index (χ4v) is 1.71. The maximum atomic E-state index is 11.9. The number of rotatable bonds is 2. The summed E-state index contributed by atoms with van der Waals surface area (Å²) in [6.45, 7) is 11.5. The van der Waals surface area contributed by atoms with E-state index in [4.69, 9.17) is 4.74 Å². The maximum absolute atomic E-state index is 11.9. The molecule has 0 aromatic carbocycles. The van der Waals surface area contributed by atoms with Crippen LogP contribution in [0.15, 0.2) is 0 Å². The van der Waals surface area contributed by atoms with Crippen molar-refractivity contribution in [2.75, 3.05) is 13.1 Å². The lowest BCUT2D eigenvalue weighted by Crippen LogP contribution is -2.60. The van der Waals surface area contributed by atoms with Crippen molar-refractivity contribution < 1.29 is 9.53 Å². The van der Waals surface area contributed by atoms with Crippen LogP contribution in [0.4, 0.5) is 0 Å². The van der Waals surface area contributed by atoms with Crippen molar-refractivity contribution in [2.45, 2.75) is 52.3 Å². The Bertz CT molecular complexity index is 246. The molecule has 0 aromatic rings. The van der Waals surface area contributed by atoms with E-state index in [9.17, 15) is 4.79 Å². The molecule has 0 spiro atoms. The second-order valence-corrected chi connectivity index (χ2v) is 5.76. The van der Waals surface area contributed by atoms with Crippen LogP contribution in [0, 0.1) is 5.92 Å². The lowest BCUT2D eigenvalue weighted by molar-refractivity contribution is -0.158. The minimum atomic E-state index is -0.413. The third-order valence-corrected chi connectivity index (χ3v) is 2.62. The number of piperazine rings is 1. The second kappa shape index (κ2) is 5.15. The average Bonchev–Trinajstić information content (AvgIpc) is 2.15. The Morgan fingerprint density at radius 1 is 1.31 bits per heavy atom. The number of hydrogen-bond acceptors (Lipinski definition) is 4. The molecule has 0 aromatic heterocycles. The van der Waals surface area contributed by atoms with Gasteiger partial charge in [-0.15, -0.1) is 0 Å². The molecule has 1 fully saturated rings. The largest absolute Gasteiger partial charge is 0.459 e. The van der Waals surface area contributed by atoms with E-state index in [2.05, 4.69) is 24.5 Å². The van der Waals surface area contributed by atoms with Crippen molar-refractivity contribution in [3.63, 3.8) is 0 Å². The first-order valence-electron chi connectivity index (χ1n) is 5.99. The summed E-state index contributed by atoms with van der Waals surface area (Å²) in [6, 6.07) is 0.117. The molecule has 1 aliphatic rings. The Balaban J connectivity index is 2.50. The van der Waals surface area contributed by atoms with Crippen LogP contribution in [0.2, 0.25) is 0 Å². The van der Waals surface area contributed by atoms with E-state index in [-0.39, 0.29) is 12.0 Å².